The molecule has 0 radical (unpaired) electrons. The minimum atomic E-state index is -0.579. The van der Waals surface area contributed by atoms with Gasteiger partial charge in [-0.1, -0.05) is 6.07 Å². The van der Waals surface area contributed by atoms with Crippen molar-refractivity contribution in [3.05, 3.63) is 65.2 Å². The van der Waals surface area contributed by atoms with Gasteiger partial charge in [0.2, 0.25) is 0 Å². The number of carbonyl (C=O) groups excluding carboxylic acids is 3. The molecule has 0 aliphatic carbocycles. The molecule has 0 spiro atoms. The van der Waals surface area contributed by atoms with Crippen LogP contribution < -0.4 is 0 Å². The predicted molar refractivity (Wildman–Crippen MR) is 123 cm³/mol. The fraction of sp³-hybridized carbons (Fsp3) is 0.217. The Kier molecular flexibility index (Phi) is 5.43. The Labute approximate surface area is 193 Å². The van der Waals surface area contributed by atoms with Crippen LogP contribution >= 0.6 is 11.3 Å². The van der Waals surface area contributed by atoms with E-state index in [-0.39, 0.29) is 19.0 Å². The van der Waals surface area contributed by atoms with Crippen LogP contribution in [0.4, 0.5) is 0 Å². The van der Waals surface area contributed by atoms with E-state index in [1.165, 1.54) is 16.2 Å². The van der Waals surface area contributed by atoms with Crippen LogP contribution in [0.1, 0.15) is 26.4 Å². The quantitative estimate of drug-likeness (QED) is 0.370. The fourth-order valence-electron chi connectivity index (χ4n) is 4.01. The number of hydrogen-bond acceptors (Lipinski definition) is 7. The molecule has 1 aliphatic heterocycles. The van der Waals surface area contributed by atoms with Crippen LogP contribution in [0.5, 0.6) is 0 Å². The summed E-state index contributed by atoms with van der Waals surface area (Å²) in [6.45, 7) is 3.13. The number of piperazine rings is 1. The van der Waals surface area contributed by atoms with Gasteiger partial charge in [0.25, 0.3) is 17.6 Å². The van der Waals surface area contributed by atoms with Crippen molar-refractivity contribution in [2.45, 2.75) is 6.92 Å². The van der Waals surface area contributed by atoms with E-state index in [1.807, 2.05) is 12.3 Å². The minimum absolute atomic E-state index is 0.177. The molecule has 4 aromatic heterocycles. The average Bonchev–Trinajstić information content (AvgIpc) is 3.55. The van der Waals surface area contributed by atoms with Crippen molar-refractivity contribution in [2.24, 2.45) is 0 Å². The average molecular weight is 461 g/mol. The van der Waals surface area contributed by atoms with E-state index in [1.54, 1.807) is 47.9 Å². The smallest absolute Gasteiger partial charge is 0.295 e. The molecule has 33 heavy (non-hydrogen) atoms. The fourth-order valence-corrected chi connectivity index (χ4v) is 4.65. The number of H-pyrrole nitrogens is 1. The van der Waals surface area contributed by atoms with Crippen molar-refractivity contribution in [1.29, 1.82) is 0 Å². The molecule has 9 nitrogen and oxygen atoms in total. The van der Waals surface area contributed by atoms with Crippen LogP contribution in [-0.4, -0.2) is 73.5 Å². The topological polar surface area (TPSA) is 112 Å². The highest BCUT2D eigenvalue weighted by atomic mass is 32.1. The molecule has 1 N–H and O–H groups in total. The third kappa shape index (κ3) is 3.78. The lowest BCUT2D eigenvalue weighted by Gasteiger charge is -2.34. The molecular formula is C23H20N6O3S. The first kappa shape index (κ1) is 21.0. The Hall–Kier alpha value is -3.92. The highest BCUT2D eigenvalue weighted by Crippen LogP contribution is 2.31. The highest BCUT2D eigenvalue weighted by molar-refractivity contribution is 7.13. The van der Waals surface area contributed by atoms with E-state index in [4.69, 9.17) is 0 Å². The molecule has 0 bridgehead atoms. The first-order chi connectivity index (χ1) is 16.0. The summed E-state index contributed by atoms with van der Waals surface area (Å²) >= 11 is 1.45. The third-order valence-electron chi connectivity index (χ3n) is 5.71. The largest absolute Gasteiger partial charge is 0.359 e. The Morgan fingerprint density at radius 3 is 2.48 bits per heavy atom. The molecular weight excluding hydrogens is 440 g/mol. The molecule has 1 fully saturated rings. The zero-order valence-corrected chi connectivity index (χ0v) is 18.6. The maximum absolute atomic E-state index is 13.2. The van der Waals surface area contributed by atoms with Gasteiger partial charge in [0.15, 0.2) is 0 Å². The SMILES string of the molecule is Cc1cnc(-c2nccs2)c2[nH]cc(C(=O)C(=O)N3CCN(C(=O)c4ccccn4)CC3)c12. The van der Waals surface area contributed by atoms with E-state index in [0.717, 1.165) is 10.6 Å². The van der Waals surface area contributed by atoms with Crippen LogP contribution in [0, 0.1) is 6.92 Å². The van der Waals surface area contributed by atoms with E-state index in [9.17, 15) is 14.4 Å². The summed E-state index contributed by atoms with van der Waals surface area (Å²) < 4.78 is 0. The van der Waals surface area contributed by atoms with Gasteiger partial charge < -0.3 is 14.8 Å². The number of hydrogen-bond donors (Lipinski definition) is 1. The van der Waals surface area contributed by atoms with Gasteiger partial charge in [-0.3, -0.25) is 24.4 Å². The van der Waals surface area contributed by atoms with Gasteiger partial charge in [0, 0.05) is 61.7 Å². The standard InChI is InChI=1S/C23H20N6O3S/c1-14-12-26-19(21-25-6-11-33-21)18-17(14)15(13-27-18)20(30)23(32)29-9-7-28(8-10-29)22(31)16-4-2-3-5-24-16/h2-6,11-13,27H,7-10H2,1H3. The number of thiazole rings is 1. The molecule has 0 atom stereocenters. The van der Waals surface area contributed by atoms with Crippen LogP contribution in [-0.2, 0) is 4.79 Å². The van der Waals surface area contributed by atoms with Crippen molar-refractivity contribution < 1.29 is 14.4 Å². The molecule has 166 valence electrons. The van der Waals surface area contributed by atoms with Crippen LogP contribution in [0.15, 0.2) is 48.4 Å². The number of nitrogens with zero attached hydrogens (tertiary/aromatic N) is 5. The van der Waals surface area contributed by atoms with Gasteiger partial charge >= 0.3 is 0 Å². The normalized spacial score (nSPS) is 14.0. The Bertz CT molecular complexity index is 1340. The summed E-state index contributed by atoms with van der Waals surface area (Å²) in [6, 6.07) is 5.18. The van der Waals surface area contributed by atoms with Crippen molar-refractivity contribution in [3.63, 3.8) is 0 Å². The molecule has 5 heterocycles. The molecule has 0 unspecified atom stereocenters. The molecule has 5 rings (SSSR count). The number of aryl methyl sites for hydroxylation is 1. The lowest BCUT2D eigenvalue weighted by Crippen LogP contribution is -2.52. The number of rotatable bonds is 4. The number of fused-ring (bicyclic) bond motifs is 1. The summed E-state index contributed by atoms with van der Waals surface area (Å²) in [5.74, 6) is -1.33. The summed E-state index contributed by atoms with van der Waals surface area (Å²) in [7, 11) is 0. The number of Topliss-reactive ketones (excluding diaryl/α,β-unsaturated/α-hetero) is 1. The second kappa shape index (κ2) is 8.55. The van der Waals surface area contributed by atoms with Gasteiger partial charge in [-0.25, -0.2) is 4.98 Å². The number of amides is 2. The number of aromatic nitrogens is 4. The Morgan fingerprint density at radius 2 is 1.79 bits per heavy atom. The zero-order chi connectivity index (χ0) is 22.9. The summed E-state index contributed by atoms with van der Waals surface area (Å²) in [5.41, 5.74) is 2.83. The Balaban J connectivity index is 1.34. The molecule has 0 saturated carbocycles. The molecule has 4 aromatic rings. The lowest BCUT2D eigenvalue weighted by molar-refractivity contribution is -0.127. The van der Waals surface area contributed by atoms with Crippen molar-refractivity contribution in [1.82, 2.24) is 29.7 Å². The van der Waals surface area contributed by atoms with Gasteiger partial charge in [-0.2, -0.15) is 0 Å². The van der Waals surface area contributed by atoms with Gasteiger partial charge in [-0.05, 0) is 24.6 Å². The van der Waals surface area contributed by atoms with Crippen LogP contribution in [0.25, 0.3) is 21.6 Å². The number of aromatic amines is 1. The van der Waals surface area contributed by atoms with Crippen LogP contribution in [0.3, 0.4) is 0 Å². The lowest BCUT2D eigenvalue weighted by atomic mass is 10.0. The van der Waals surface area contributed by atoms with Crippen molar-refractivity contribution in [3.8, 4) is 10.7 Å². The Morgan fingerprint density at radius 1 is 1.00 bits per heavy atom. The van der Waals surface area contributed by atoms with E-state index >= 15 is 0 Å². The van der Waals surface area contributed by atoms with E-state index in [0.29, 0.717) is 40.9 Å². The highest BCUT2D eigenvalue weighted by Gasteiger charge is 2.31. The molecule has 1 aliphatic rings. The van der Waals surface area contributed by atoms with E-state index < -0.39 is 11.7 Å². The van der Waals surface area contributed by atoms with E-state index in [2.05, 4.69) is 19.9 Å². The minimum Gasteiger partial charge on any atom is -0.359 e. The summed E-state index contributed by atoms with van der Waals surface area (Å²) in [5, 5.41) is 3.28. The first-order valence-corrected chi connectivity index (χ1v) is 11.3. The first-order valence-electron chi connectivity index (χ1n) is 10.4. The maximum Gasteiger partial charge on any atom is 0.295 e. The predicted octanol–water partition coefficient (Wildman–Crippen LogP) is 2.56. The summed E-state index contributed by atoms with van der Waals surface area (Å²) in [6.07, 6.45) is 6.53. The number of nitrogens with one attached hydrogen (secondary N) is 1. The molecule has 2 amide bonds. The number of ketones is 1. The molecule has 0 aromatic carbocycles. The van der Waals surface area contributed by atoms with Crippen molar-refractivity contribution >= 4 is 39.8 Å². The number of pyridine rings is 2. The second-order valence-corrected chi connectivity index (χ2v) is 8.60. The maximum atomic E-state index is 13.2. The van der Waals surface area contributed by atoms with Gasteiger partial charge in [-0.15, -0.1) is 11.3 Å². The molecule has 1 saturated heterocycles. The van der Waals surface area contributed by atoms with Gasteiger partial charge in [0.05, 0.1) is 11.1 Å². The van der Waals surface area contributed by atoms with Crippen molar-refractivity contribution in [2.75, 3.05) is 26.2 Å². The summed E-state index contributed by atoms with van der Waals surface area (Å²) in [4.78, 5) is 57.9. The monoisotopic (exact) mass is 460 g/mol. The third-order valence-corrected chi connectivity index (χ3v) is 6.49. The zero-order valence-electron chi connectivity index (χ0n) is 17.8. The second-order valence-electron chi connectivity index (χ2n) is 7.71. The van der Waals surface area contributed by atoms with Gasteiger partial charge in [0.1, 0.15) is 16.4 Å². The number of carbonyl (C=O) groups is 3. The molecule has 10 heteroatoms. The van der Waals surface area contributed by atoms with Crippen LogP contribution in [0.2, 0.25) is 0 Å².